The van der Waals surface area contributed by atoms with Gasteiger partial charge in [0, 0.05) is 0 Å². The molecular weight excluding hydrogens is 189 g/mol. The molecule has 1 heterocycles. The fraction of sp³-hybridized carbons (Fsp3) is 0.429. The van der Waals surface area contributed by atoms with Crippen LogP contribution in [-0.4, -0.2) is 22.4 Å². The first-order valence-electron chi connectivity index (χ1n) is 3.89. The normalized spacial score (nSPS) is 10.0. The van der Waals surface area contributed by atoms with Crippen LogP contribution >= 0.6 is 9.24 Å². The highest BCUT2D eigenvalue weighted by atomic mass is 31.0. The summed E-state index contributed by atoms with van der Waals surface area (Å²) in [6.07, 6.45) is 1.97. The number of hydrogen-bond acceptors (Lipinski definition) is 4. The van der Waals surface area contributed by atoms with Gasteiger partial charge in [0.25, 0.3) is 0 Å². The van der Waals surface area contributed by atoms with Crippen molar-refractivity contribution in [2.45, 2.75) is 13.2 Å². The molecule has 0 amide bonds. The molecule has 1 unspecified atom stereocenters. The summed E-state index contributed by atoms with van der Waals surface area (Å²) in [6.45, 7) is 2.08. The lowest BCUT2D eigenvalue weighted by molar-refractivity contribution is 0.0527. The molecule has 6 heteroatoms. The topological polar surface area (TPSA) is 70.1 Å². The molecule has 0 aliphatic carbocycles. The molecule has 1 aromatic heterocycles. The van der Waals surface area contributed by atoms with E-state index in [0.717, 1.165) is 0 Å². The van der Waals surface area contributed by atoms with Crippen LogP contribution in [0.25, 0.3) is 0 Å². The highest BCUT2D eigenvalue weighted by Crippen LogP contribution is 2.13. The summed E-state index contributed by atoms with van der Waals surface area (Å²) in [7, 11) is 2.47. The molecule has 0 spiro atoms. The Morgan fingerprint density at radius 2 is 2.54 bits per heavy atom. The minimum Gasteiger partial charge on any atom is -0.462 e. The minimum atomic E-state index is -0.426. The second kappa shape index (κ2) is 4.23. The fourth-order valence-electron chi connectivity index (χ4n) is 0.906. The lowest BCUT2D eigenvalue weighted by Gasteiger charge is -2.01. The lowest BCUT2D eigenvalue weighted by atomic mass is 10.3. The number of ether oxygens (including phenoxy) is 1. The predicted molar refractivity (Wildman–Crippen MR) is 52.3 cm³/mol. The molecule has 1 aromatic rings. The largest absolute Gasteiger partial charge is 0.462 e. The molecule has 0 bridgehead atoms. The van der Waals surface area contributed by atoms with Crippen molar-refractivity contribution >= 4 is 21.0 Å². The molecule has 13 heavy (non-hydrogen) atoms. The number of nitrogens with two attached hydrogens (primary N) is 1. The van der Waals surface area contributed by atoms with Gasteiger partial charge in [0.05, 0.1) is 19.1 Å². The van der Waals surface area contributed by atoms with Crippen molar-refractivity contribution in [3.05, 3.63) is 11.8 Å². The molecule has 0 aromatic carbocycles. The molecule has 1 atom stereocenters. The first-order valence-corrected chi connectivity index (χ1v) is 4.70. The smallest absolute Gasteiger partial charge is 0.343 e. The molecule has 0 aliphatic heterocycles. The number of aromatic nitrogens is 2. The van der Waals surface area contributed by atoms with Crippen molar-refractivity contribution in [3.63, 3.8) is 0 Å². The van der Waals surface area contributed by atoms with E-state index in [0.29, 0.717) is 24.3 Å². The first-order chi connectivity index (χ1) is 6.20. The zero-order valence-corrected chi connectivity index (χ0v) is 8.51. The Morgan fingerprint density at radius 1 is 1.85 bits per heavy atom. The average Bonchev–Trinajstić information content (AvgIpc) is 2.47. The first kappa shape index (κ1) is 9.99. The lowest BCUT2D eigenvalue weighted by Crippen LogP contribution is -2.08. The number of esters is 1. The minimum absolute atomic E-state index is 0.323. The van der Waals surface area contributed by atoms with Gasteiger partial charge in [-0.15, -0.1) is 9.24 Å². The molecule has 0 fully saturated rings. The number of anilines is 1. The molecular formula is C7H12N3O2P. The number of nitrogen functional groups attached to an aromatic ring is 1. The number of hydrogen-bond donors (Lipinski definition) is 1. The van der Waals surface area contributed by atoms with E-state index in [1.165, 1.54) is 10.9 Å². The number of nitrogens with zero attached hydrogens (tertiary/aromatic N) is 2. The van der Waals surface area contributed by atoms with Crippen molar-refractivity contribution < 1.29 is 9.53 Å². The quantitative estimate of drug-likeness (QED) is 0.570. The predicted octanol–water partition coefficient (Wildman–Crippen LogP) is 0.475. The fourth-order valence-corrected chi connectivity index (χ4v) is 1.20. The standard InChI is InChI=1S/C7H12N3O2P/c1-2-12-7(11)5-3-9-10(4-13)6(5)8/h3H,2,4,8,13H2,1H3. The highest BCUT2D eigenvalue weighted by Gasteiger charge is 2.14. The molecule has 0 saturated carbocycles. The van der Waals surface area contributed by atoms with Crippen LogP contribution in [0.15, 0.2) is 6.20 Å². The van der Waals surface area contributed by atoms with Crippen LogP contribution in [0.2, 0.25) is 0 Å². The van der Waals surface area contributed by atoms with Gasteiger partial charge in [-0.05, 0) is 6.92 Å². The van der Waals surface area contributed by atoms with Crippen LogP contribution < -0.4 is 5.73 Å². The van der Waals surface area contributed by atoms with Gasteiger partial charge in [-0.2, -0.15) is 5.10 Å². The summed E-state index contributed by atoms with van der Waals surface area (Å²) >= 11 is 0. The summed E-state index contributed by atoms with van der Waals surface area (Å²) in [5, 5.41) is 3.91. The summed E-state index contributed by atoms with van der Waals surface area (Å²) in [5.41, 5.74) is 5.95. The van der Waals surface area contributed by atoms with Gasteiger partial charge in [0.15, 0.2) is 0 Å². The van der Waals surface area contributed by atoms with E-state index >= 15 is 0 Å². The van der Waals surface area contributed by atoms with Crippen LogP contribution in [0.4, 0.5) is 5.82 Å². The van der Waals surface area contributed by atoms with Gasteiger partial charge in [-0.3, -0.25) is 0 Å². The molecule has 0 aliphatic rings. The zero-order chi connectivity index (χ0) is 9.84. The molecule has 5 nitrogen and oxygen atoms in total. The summed E-state index contributed by atoms with van der Waals surface area (Å²) in [6, 6.07) is 0. The third-order valence-corrected chi connectivity index (χ3v) is 1.89. The summed E-state index contributed by atoms with van der Waals surface area (Å²) in [4.78, 5) is 11.2. The Hall–Kier alpha value is -1.09. The highest BCUT2D eigenvalue weighted by molar-refractivity contribution is 7.15. The Labute approximate surface area is 78.4 Å². The molecule has 2 N–H and O–H groups in total. The molecule has 72 valence electrons. The van der Waals surface area contributed by atoms with Crippen molar-refractivity contribution in [1.82, 2.24) is 9.78 Å². The molecule has 0 saturated heterocycles. The van der Waals surface area contributed by atoms with Gasteiger partial charge < -0.3 is 10.5 Å². The number of carbonyl (C=O) groups excluding carboxylic acids is 1. The molecule has 1 rings (SSSR count). The SMILES string of the molecule is CCOC(=O)c1cnn(CP)c1N. The Balaban J connectivity index is 2.89. The van der Waals surface area contributed by atoms with E-state index < -0.39 is 5.97 Å². The van der Waals surface area contributed by atoms with Gasteiger partial charge >= 0.3 is 5.97 Å². The van der Waals surface area contributed by atoms with Gasteiger partial charge in [0.2, 0.25) is 0 Å². The third kappa shape index (κ3) is 1.98. The van der Waals surface area contributed by atoms with Crippen molar-refractivity contribution in [2.24, 2.45) is 0 Å². The van der Waals surface area contributed by atoms with E-state index in [2.05, 4.69) is 14.3 Å². The monoisotopic (exact) mass is 201 g/mol. The molecule has 0 radical (unpaired) electrons. The van der Waals surface area contributed by atoms with E-state index in [9.17, 15) is 4.79 Å². The van der Waals surface area contributed by atoms with Gasteiger partial charge in [-0.1, -0.05) is 0 Å². The van der Waals surface area contributed by atoms with Gasteiger partial charge in [0.1, 0.15) is 11.4 Å². The van der Waals surface area contributed by atoms with Gasteiger partial charge in [-0.25, -0.2) is 9.48 Å². The second-order valence-corrected chi connectivity index (χ2v) is 2.71. The number of carbonyl (C=O) groups is 1. The van der Waals surface area contributed by atoms with E-state index in [-0.39, 0.29) is 0 Å². The Kier molecular flexibility index (Phi) is 3.25. The van der Waals surface area contributed by atoms with Crippen LogP contribution in [0.3, 0.4) is 0 Å². The summed E-state index contributed by atoms with van der Waals surface area (Å²) in [5.74, 6) is -0.0850. The van der Waals surface area contributed by atoms with E-state index in [1.807, 2.05) is 0 Å². The van der Waals surface area contributed by atoms with Crippen LogP contribution in [-0.2, 0) is 11.0 Å². The maximum absolute atomic E-state index is 11.2. The maximum atomic E-state index is 11.2. The van der Waals surface area contributed by atoms with Crippen molar-refractivity contribution in [2.75, 3.05) is 12.3 Å². The van der Waals surface area contributed by atoms with Crippen LogP contribution in [0.5, 0.6) is 0 Å². The summed E-state index contributed by atoms with van der Waals surface area (Å²) < 4.78 is 6.30. The Morgan fingerprint density at radius 3 is 3.00 bits per heavy atom. The zero-order valence-electron chi connectivity index (χ0n) is 7.36. The van der Waals surface area contributed by atoms with E-state index in [1.54, 1.807) is 6.92 Å². The van der Waals surface area contributed by atoms with Crippen molar-refractivity contribution in [3.8, 4) is 0 Å². The van der Waals surface area contributed by atoms with Crippen molar-refractivity contribution in [1.29, 1.82) is 0 Å². The van der Waals surface area contributed by atoms with Crippen LogP contribution in [0.1, 0.15) is 17.3 Å². The number of rotatable bonds is 3. The van der Waals surface area contributed by atoms with Crippen LogP contribution in [0, 0.1) is 0 Å². The maximum Gasteiger partial charge on any atom is 0.343 e. The average molecular weight is 201 g/mol. The Bertz CT molecular complexity index is 311. The van der Waals surface area contributed by atoms with E-state index in [4.69, 9.17) is 10.5 Å². The second-order valence-electron chi connectivity index (χ2n) is 2.35. The third-order valence-electron chi connectivity index (χ3n) is 1.55.